The standard InChI is InChI=1S/C11H23BrN2O/c1-2-11(3-4-12)13-5-6-14-7-9-15-10-8-14/h11,13H,2-10H2,1H3. The number of nitrogens with one attached hydrogen (secondary N) is 1. The molecule has 0 radical (unpaired) electrons. The highest BCUT2D eigenvalue weighted by atomic mass is 79.9. The van der Waals surface area contributed by atoms with Crippen LogP contribution in [0.1, 0.15) is 19.8 Å². The van der Waals surface area contributed by atoms with Gasteiger partial charge in [0.15, 0.2) is 0 Å². The molecule has 0 bridgehead atoms. The van der Waals surface area contributed by atoms with E-state index >= 15 is 0 Å². The zero-order valence-corrected chi connectivity index (χ0v) is 11.3. The predicted molar refractivity (Wildman–Crippen MR) is 67.8 cm³/mol. The molecule has 1 saturated heterocycles. The third-order valence-electron chi connectivity index (χ3n) is 2.92. The van der Waals surface area contributed by atoms with Crippen molar-refractivity contribution in [3.63, 3.8) is 0 Å². The largest absolute Gasteiger partial charge is 0.379 e. The number of hydrogen-bond donors (Lipinski definition) is 1. The topological polar surface area (TPSA) is 24.5 Å². The molecule has 1 atom stereocenters. The smallest absolute Gasteiger partial charge is 0.0594 e. The van der Waals surface area contributed by atoms with Crippen LogP contribution in [0.3, 0.4) is 0 Å². The molecule has 1 rings (SSSR count). The molecule has 3 nitrogen and oxygen atoms in total. The molecule has 0 aromatic rings. The first kappa shape index (κ1) is 13.4. The predicted octanol–water partition coefficient (Wildman–Crippen LogP) is 1.47. The van der Waals surface area contributed by atoms with Gasteiger partial charge in [0.25, 0.3) is 0 Å². The first-order valence-electron chi connectivity index (χ1n) is 5.96. The van der Waals surface area contributed by atoms with Gasteiger partial charge in [0.2, 0.25) is 0 Å². The highest BCUT2D eigenvalue weighted by Gasteiger charge is 2.10. The van der Waals surface area contributed by atoms with E-state index < -0.39 is 0 Å². The molecule has 1 aliphatic heterocycles. The van der Waals surface area contributed by atoms with Crippen molar-refractivity contribution in [1.29, 1.82) is 0 Å². The molecule has 0 amide bonds. The molecule has 0 spiro atoms. The van der Waals surface area contributed by atoms with Gasteiger partial charge in [-0.15, -0.1) is 0 Å². The lowest BCUT2D eigenvalue weighted by atomic mass is 10.2. The van der Waals surface area contributed by atoms with Crippen molar-refractivity contribution in [1.82, 2.24) is 10.2 Å². The Bertz CT molecular complexity index is 147. The maximum atomic E-state index is 5.32. The Labute approximate surface area is 102 Å². The molecule has 1 unspecified atom stereocenters. The van der Waals surface area contributed by atoms with E-state index in [1.165, 1.54) is 12.8 Å². The Morgan fingerprint density at radius 2 is 2.13 bits per heavy atom. The summed E-state index contributed by atoms with van der Waals surface area (Å²) in [6.45, 7) is 8.49. The Hall–Kier alpha value is 0.360. The lowest BCUT2D eigenvalue weighted by Gasteiger charge is -2.27. The minimum absolute atomic E-state index is 0.672. The van der Waals surface area contributed by atoms with Crippen molar-refractivity contribution >= 4 is 15.9 Å². The number of alkyl halides is 1. The summed E-state index contributed by atoms with van der Waals surface area (Å²) >= 11 is 3.49. The summed E-state index contributed by atoms with van der Waals surface area (Å²) in [5.41, 5.74) is 0. The summed E-state index contributed by atoms with van der Waals surface area (Å²) < 4.78 is 5.32. The normalized spacial score (nSPS) is 20.4. The summed E-state index contributed by atoms with van der Waals surface area (Å²) in [6, 6.07) is 0.672. The monoisotopic (exact) mass is 278 g/mol. The van der Waals surface area contributed by atoms with E-state index in [-0.39, 0.29) is 0 Å². The first-order valence-corrected chi connectivity index (χ1v) is 7.08. The van der Waals surface area contributed by atoms with E-state index in [1.54, 1.807) is 0 Å². The fourth-order valence-electron chi connectivity index (χ4n) is 1.83. The van der Waals surface area contributed by atoms with Crippen LogP contribution < -0.4 is 5.32 Å². The van der Waals surface area contributed by atoms with Gasteiger partial charge in [0.05, 0.1) is 13.2 Å². The van der Waals surface area contributed by atoms with Crippen LogP contribution in [0.4, 0.5) is 0 Å². The van der Waals surface area contributed by atoms with Crippen LogP contribution in [0.5, 0.6) is 0 Å². The lowest BCUT2D eigenvalue weighted by molar-refractivity contribution is 0.0381. The van der Waals surface area contributed by atoms with Crippen LogP contribution >= 0.6 is 15.9 Å². The molecule has 1 heterocycles. The summed E-state index contributed by atoms with van der Waals surface area (Å²) in [4.78, 5) is 2.47. The number of rotatable bonds is 7. The average Bonchev–Trinajstić information content (AvgIpc) is 2.29. The second-order valence-corrected chi connectivity index (χ2v) is 4.78. The van der Waals surface area contributed by atoms with Crippen molar-refractivity contribution in [3.05, 3.63) is 0 Å². The summed E-state index contributed by atoms with van der Waals surface area (Å²) in [5, 5.41) is 4.70. The zero-order chi connectivity index (χ0) is 10.9. The van der Waals surface area contributed by atoms with Crippen LogP contribution in [0.25, 0.3) is 0 Å². The van der Waals surface area contributed by atoms with Gasteiger partial charge in [-0.25, -0.2) is 0 Å². The SMILES string of the molecule is CCC(CCBr)NCCN1CCOCC1. The van der Waals surface area contributed by atoms with Gasteiger partial charge in [-0.3, -0.25) is 4.90 Å². The Morgan fingerprint density at radius 3 is 2.73 bits per heavy atom. The molecule has 0 saturated carbocycles. The van der Waals surface area contributed by atoms with Crippen LogP contribution in [-0.4, -0.2) is 55.7 Å². The molecule has 90 valence electrons. The molecule has 1 aliphatic rings. The Balaban J connectivity index is 2.03. The lowest BCUT2D eigenvalue weighted by Crippen LogP contribution is -2.42. The van der Waals surface area contributed by atoms with Gasteiger partial charge in [-0.2, -0.15) is 0 Å². The average molecular weight is 279 g/mol. The maximum Gasteiger partial charge on any atom is 0.0594 e. The highest BCUT2D eigenvalue weighted by Crippen LogP contribution is 2.00. The molecule has 4 heteroatoms. The van der Waals surface area contributed by atoms with Crippen molar-refractivity contribution in [2.75, 3.05) is 44.7 Å². The number of nitrogens with zero attached hydrogens (tertiary/aromatic N) is 1. The van der Waals surface area contributed by atoms with Crippen LogP contribution in [-0.2, 0) is 4.74 Å². The first-order chi connectivity index (χ1) is 7.36. The third kappa shape index (κ3) is 5.85. The third-order valence-corrected chi connectivity index (χ3v) is 3.37. The zero-order valence-electron chi connectivity index (χ0n) is 9.67. The van der Waals surface area contributed by atoms with Crippen LogP contribution in [0.15, 0.2) is 0 Å². The van der Waals surface area contributed by atoms with E-state index in [2.05, 4.69) is 33.1 Å². The van der Waals surface area contributed by atoms with Gasteiger partial charge in [-0.1, -0.05) is 22.9 Å². The molecule has 1 N–H and O–H groups in total. The fourth-order valence-corrected chi connectivity index (χ4v) is 2.39. The van der Waals surface area contributed by atoms with E-state index in [0.717, 1.165) is 44.7 Å². The Kier molecular flexibility index (Phi) is 7.61. The van der Waals surface area contributed by atoms with Gasteiger partial charge in [0, 0.05) is 37.6 Å². The van der Waals surface area contributed by atoms with Crippen LogP contribution in [0, 0.1) is 0 Å². The quantitative estimate of drug-likeness (QED) is 0.714. The van der Waals surface area contributed by atoms with Crippen molar-refractivity contribution in [3.8, 4) is 0 Å². The van der Waals surface area contributed by atoms with E-state index in [4.69, 9.17) is 4.74 Å². The fraction of sp³-hybridized carbons (Fsp3) is 1.00. The van der Waals surface area contributed by atoms with E-state index in [0.29, 0.717) is 6.04 Å². The molecular formula is C11H23BrN2O. The molecule has 0 aliphatic carbocycles. The van der Waals surface area contributed by atoms with Gasteiger partial charge >= 0.3 is 0 Å². The van der Waals surface area contributed by atoms with Crippen molar-refractivity contribution < 1.29 is 4.74 Å². The molecule has 1 fully saturated rings. The van der Waals surface area contributed by atoms with E-state index in [9.17, 15) is 0 Å². The minimum atomic E-state index is 0.672. The molecule has 15 heavy (non-hydrogen) atoms. The minimum Gasteiger partial charge on any atom is -0.379 e. The summed E-state index contributed by atoms with van der Waals surface area (Å²) in [5.74, 6) is 0. The maximum absolute atomic E-state index is 5.32. The number of morpholine rings is 1. The number of ether oxygens (including phenoxy) is 1. The van der Waals surface area contributed by atoms with Crippen LogP contribution in [0.2, 0.25) is 0 Å². The second-order valence-electron chi connectivity index (χ2n) is 3.99. The van der Waals surface area contributed by atoms with Gasteiger partial charge in [-0.05, 0) is 12.8 Å². The number of halogens is 1. The summed E-state index contributed by atoms with van der Waals surface area (Å²) in [7, 11) is 0. The second kappa shape index (κ2) is 8.50. The molecule has 0 aromatic carbocycles. The molecular weight excluding hydrogens is 256 g/mol. The Morgan fingerprint density at radius 1 is 1.40 bits per heavy atom. The van der Waals surface area contributed by atoms with E-state index in [1.807, 2.05) is 0 Å². The highest BCUT2D eigenvalue weighted by molar-refractivity contribution is 9.09. The molecule has 0 aromatic heterocycles. The van der Waals surface area contributed by atoms with Crippen molar-refractivity contribution in [2.45, 2.75) is 25.8 Å². The van der Waals surface area contributed by atoms with Gasteiger partial charge < -0.3 is 10.1 Å². The summed E-state index contributed by atoms with van der Waals surface area (Å²) in [6.07, 6.45) is 2.44. The van der Waals surface area contributed by atoms with Gasteiger partial charge in [0.1, 0.15) is 0 Å². The number of hydrogen-bond acceptors (Lipinski definition) is 3. The van der Waals surface area contributed by atoms with Crippen molar-refractivity contribution in [2.24, 2.45) is 0 Å².